The fourth-order valence-electron chi connectivity index (χ4n) is 11.9. The van der Waals surface area contributed by atoms with Gasteiger partial charge in [0.15, 0.2) is 6.04 Å². The van der Waals surface area contributed by atoms with E-state index in [9.17, 15) is 39.0 Å². The van der Waals surface area contributed by atoms with Crippen molar-refractivity contribution in [3.63, 3.8) is 0 Å². The van der Waals surface area contributed by atoms with Crippen LogP contribution in [0.3, 0.4) is 0 Å². The summed E-state index contributed by atoms with van der Waals surface area (Å²) in [5, 5.41) is 34.4. The van der Waals surface area contributed by atoms with Crippen LogP contribution in [0.4, 0.5) is 4.79 Å². The lowest BCUT2D eigenvalue weighted by molar-refractivity contribution is -0.152. The Hall–Kier alpha value is -8.20. The van der Waals surface area contributed by atoms with Gasteiger partial charge in [-0.25, -0.2) is 4.79 Å². The van der Waals surface area contributed by atoms with Crippen molar-refractivity contribution in [1.82, 2.24) is 60.5 Å². The minimum absolute atomic E-state index is 0.0749. The van der Waals surface area contributed by atoms with Gasteiger partial charge in [-0.05, 0) is 93.5 Å². The second-order valence-corrected chi connectivity index (χ2v) is 27.0. The average molecular weight is 1370 g/mol. The number of carbonyl (C=O) groups is 11. The predicted molar refractivity (Wildman–Crippen MR) is 366 cm³/mol. The first kappa shape index (κ1) is 79.5. The van der Waals surface area contributed by atoms with Gasteiger partial charge in [0.2, 0.25) is 53.2 Å². The van der Waals surface area contributed by atoms with Gasteiger partial charge in [0.25, 0.3) is 5.91 Å². The topological polar surface area (TPSA) is 312 Å². The molecule has 2 saturated heterocycles. The SMILES string of the molecule is CC[C@H](C)[C@H]1C(=O)NC([C@@H](C)O)C(=O)N(C)C(=O)N(C)C(C)C(O)N[C@H](C(=O)N2CCCCC2)C(=O)N(C)[C@@H](C)C(=O)N[C@H](C(C)C)C(=O)N(C)C(CC(C)C)C(=O)N(C)[C@@H](Cc2ccccc2)C(=O)NC(COc2cccc(Cl)c2)C(=O)N(C)[C@H](Cc2ccccc2)C(=O)N1C. The summed E-state index contributed by atoms with van der Waals surface area (Å²) in [6.07, 6.45) is -1.32. The Morgan fingerprint density at radius 1 is 0.588 bits per heavy atom. The van der Waals surface area contributed by atoms with Gasteiger partial charge in [-0.2, -0.15) is 0 Å². The van der Waals surface area contributed by atoms with Crippen LogP contribution < -0.4 is 26.0 Å². The minimum atomic E-state index is -1.86. The van der Waals surface area contributed by atoms with E-state index in [2.05, 4.69) is 21.3 Å². The number of carbonyl (C=O) groups excluding carboxylic acids is 11. The third kappa shape index (κ3) is 20.7. The van der Waals surface area contributed by atoms with Gasteiger partial charge >= 0.3 is 6.03 Å². The summed E-state index contributed by atoms with van der Waals surface area (Å²) in [5.41, 5.74) is 1.21. The highest BCUT2D eigenvalue weighted by molar-refractivity contribution is 6.30. The van der Waals surface area contributed by atoms with Crippen LogP contribution in [-0.4, -0.2) is 256 Å². The van der Waals surface area contributed by atoms with Crippen molar-refractivity contribution in [1.29, 1.82) is 0 Å². The second-order valence-electron chi connectivity index (χ2n) is 26.6. The molecule has 0 radical (unpaired) electrons. The molecule has 5 unspecified atom stereocenters. The lowest BCUT2D eigenvalue weighted by Gasteiger charge is -2.39. The highest BCUT2D eigenvalue weighted by Gasteiger charge is 2.46. The quantitative estimate of drug-likeness (QED) is 0.126. The molecule has 0 aliphatic carbocycles. The standard InChI is InChI=1S/C70H103ClN12O14/c1-17-43(6)58-62(88)74-56(46(9)84)67(93)82(16)70(96)77(11)45(8)60(86)75-57(69(95)83-34-25-20-26-35-83)68(94)76(10)44(7)59(85)73-55(42(4)5)66(92)80(14)53(36-41(2)3)64(90)78(12)52(37-47-28-21-18-22-29-47)61(87)72-51(40-97-50-33-27-32-49(71)39-50)63(89)79(13)54(65(91)81(58)15)38-48-30-23-19-24-31-48/h18-19,21-24,27-33,39,41-46,51-58,60,75,84,86H,17,20,25-26,34-38,40H2,1-16H3,(H,72,87)(H,73,85)(H,74,88)/t43-,44-,45?,46+,51?,52-,53?,54+,55+,56?,57-,58-,60?/m0/s1. The van der Waals surface area contributed by atoms with Gasteiger partial charge in [0, 0.05) is 80.3 Å². The van der Waals surface area contributed by atoms with Crippen molar-refractivity contribution in [3.05, 3.63) is 101 Å². The molecule has 12 amide bonds. The summed E-state index contributed by atoms with van der Waals surface area (Å²) in [5.74, 6) is -9.61. The lowest BCUT2D eigenvalue weighted by atomic mass is 9.94. The number of amides is 12. The first-order chi connectivity index (χ1) is 45.6. The van der Waals surface area contributed by atoms with Gasteiger partial charge < -0.3 is 65.2 Å². The molecule has 13 atom stereocenters. The number of hydrogen-bond acceptors (Lipinski definition) is 15. The molecule has 0 spiro atoms. The Balaban J connectivity index is 1.72. The van der Waals surface area contributed by atoms with Crippen LogP contribution in [0.1, 0.15) is 106 Å². The monoisotopic (exact) mass is 1370 g/mol. The number of likely N-dealkylation sites (N-methyl/N-ethyl adjacent to an activating group) is 7. The van der Waals surface area contributed by atoms with Crippen molar-refractivity contribution in [3.8, 4) is 5.75 Å². The van der Waals surface area contributed by atoms with Crippen LogP contribution in [0.25, 0.3) is 0 Å². The number of piperidine rings is 1. The number of rotatable bonds is 14. The molecule has 6 N–H and O–H groups in total. The summed E-state index contributed by atoms with van der Waals surface area (Å²) < 4.78 is 6.21. The number of likely N-dealkylation sites (tertiary alicyclic amines) is 1. The number of aliphatic hydroxyl groups is 2. The molecule has 2 aliphatic rings. The number of halogens is 1. The van der Waals surface area contributed by atoms with Crippen LogP contribution in [0.15, 0.2) is 84.9 Å². The Kier molecular flexibility index (Phi) is 29.8. The van der Waals surface area contributed by atoms with Gasteiger partial charge in [-0.1, -0.05) is 126 Å². The number of nitrogens with zero attached hydrogens (tertiary/aromatic N) is 8. The minimum Gasteiger partial charge on any atom is -0.491 e. The average Bonchev–Trinajstić information content (AvgIpc) is 0.821. The van der Waals surface area contributed by atoms with Crippen LogP contribution >= 0.6 is 11.6 Å². The van der Waals surface area contributed by atoms with Gasteiger partial charge in [-0.3, -0.25) is 58.2 Å². The van der Waals surface area contributed by atoms with E-state index in [0.29, 0.717) is 40.3 Å². The fourth-order valence-corrected chi connectivity index (χ4v) is 12.0. The van der Waals surface area contributed by atoms with Crippen molar-refractivity contribution < 1.29 is 67.7 Å². The highest BCUT2D eigenvalue weighted by atomic mass is 35.5. The van der Waals surface area contributed by atoms with E-state index in [1.54, 1.807) is 107 Å². The molecule has 5 rings (SSSR count). The predicted octanol–water partition coefficient (Wildman–Crippen LogP) is 3.14. The molecule has 2 heterocycles. The van der Waals surface area contributed by atoms with E-state index < -0.39 is 156 Å². The third-order valence-electron chi connectivity index (χ3n) is 18.7. The van der Waals surface area contributed by atoms with Gasteiger partial charge in [-0.15, -0.1) is 0 Å². The Morgan fingerprint density at radius 3 is 1.66 bits per heavy atom. The number of hydrogen-bond donors (Lipinski definition) is 6. The molecule has 2 fully saturated rings. The Labute approximate surface area is 576 Å². The molecule has 3 aromatic rings. The molecule has 0 bridgehead atoms. The maximum atomic E-state index is 15.6. The number of imide groups is 1. The van der Waals surface area contributed by atoms with Crippen LogP contribution in [0, 0.1) is 17.8 Å². The Morgan fingerprint density at radius 2 is 1.12 bits per heavy atom. The summed E-state index contributed by atoms with van der Waals surface area (Å²) >= 11 is 6.39. The molecule has 3 aromatic carbocycles. The second kappa shape index (κ2) is 36.4. The molecular weight excluding hydrogens is 1270 g/mol. The molecule has 0 saturated carbocycles. The largest absolute Gasteiger partial charge is 0.491 e. The zero-order valence-corrected chi connectivity index (χ0v) is 59.8. The molecule has 97 heavy (non-hydrogen) atoms. The van der Waals surface area contributed by atoms with E-state index >= 15 is 24.0 Å². The Bertz CT molecular complexity index is 3210. The number of benzene rings is 3. The van der Waals surface area contributed by atoms with Crippen molar-refractivity contribution in [2.45, 2.75) is 180 Å². The van der Waals surface area contributed by atoms with Crippen LogP contribution in [0.2, 0.25) is 5.02 Å². The fraction of sp³-hybridized carbons (Fsp3) is 0.586. The van der Waals surface area contributed by atoms with Crippen molar-refractivity contribution in [2.24, 2.45) is 17.8 Å². The molecule has 2 aliphatic heterocycles. The van der Waals surface area contributed by atoms with Gasteiger partial charge in [0.05, 0.1) is 12.1 Å². The first-order valence-corrected chi connectivity index (χ1v) is 33.7. The zero-order valence-electron chi connectivity index (χ0n) is 59.1. The molecule has 534 valence electrons. The first-order valence-electron chi connectivity index (χ1n) is 33.3. The van der Waals surface area contributed by atoms with Crippen LogP contribution in [0.5, 0.6) is 5.75 Å². The normalized spacial score (nSPS) is 26.2. The van der Waals surface area contributed by atoms with E-state index in [4.69, 9.17) is 16.3 Å². The van der Waals surface area contributed by atoms with E-state index in [1.807, 2.05) is 13.8 Å². The highest BCUT2D eigenvalue weighted by Crippen LogP contribution is 2.25. The van der Waals surface area contributed by atoms with E-state index in [0.717, 1.165) is 33.1 Å². The summed E-state index contributed by atoms with van der Waals surface area (Å²) in [7, 11) is 9.17. The number of urea groups is 1. The van der Waals surface area contributed by atoms with Crippen LogP contribution in [-0.2, 0) is 60.8 Å². The van der Waals surface area contributed by atoms with Crippen molar-refractivity contribution >= 4 is 76.7 Å². The van der Waals surface area contributed by atoms with E-state index in [1.165, 1.54) is 83.8 Å². The summed E-state index contributed by atoms with van der Waals surface area (Å²) in [6.45, 7) is 14.5. The summed E-state index contributed by atoms with van der Waals surface area (Å²) in [6, 6.07) is 8.08. The molecule has 0 aromatic heterocycles. The van der Waals surface area contributed by atoms with Crippen molar-refractivity contribution in [2.75, 3.05) is 69.0 Å². The maximum Gasteiger partial charge on any atom is 0.326 e. The summed E-state index contributed by atoms with van der Waals surface area (Å²) in [4.78, 5) is 174. The number of nitrogens with one attached hydrogen (secondary N) is 4. The third-order valence-corrected chi connectivity index (χ3v) is 18.9. The van der Waals surface area contributed by atoms with E-state index in [-0.39, 0.29) is 44.0 Å². The number of aliphatic hydroxyl groups excluding tert-OH is 2. The molecule has 26 nitrogen and oxygen atoms in total. The maximum absolute atomic E-state index is 15.6. The zero-order chi connectivity index (χ0) is 72.4. The van der Waals surface area contributed by atoms with Gasteiger partial charge in [0.1, 0.15) is 66.9 Å². The number of ether oxygens (including phenoxy) is 1. The smallest absolute Gasteiger partial charge is 0.326 e. The molecule has 27 heteroatoms. The lowest BCUT2D eigenvalue weighted by Crippen LogP contribution is -2.65. The molecular formula is C70H103ClN12O14.